The molecule has 0 amide bonds. The summed E-state index contributed by atoms with van der Waals surface area (Å²) in [7, 11) is 0. The van der Waals surface area contributed by atoms with E-state index in [-0.39, 0.29) is 42.0 Å². The van der Waals surface area contributed by atoms with Gasteiger partial charge >= 0.3 is 5.97 Å². The highest BCUT2D eigenvalue weighted by Crippen LogP contribution is 2.55. The minimum absolute atomic E-state index is 0.00602. The molecule has 3 spiro atoms. The van der Waals surface area contributed by atoms with Gasteiger partial charge < -0.3 is 29.2 Å². The molecular formula is C42H61NO7. The first-order valence-corrected chi connectivity index (χ1v) is 19.7. The van der Waals surface area contributed by atoms with E-state index in [1.165, 1.54) is 22.4 Å². The number of carbonyl (C=O) groups excluding carboxylic acids is 1. The minimum Gasteiger partial charge on any atom is -0.450 e. The number of fused-ring (bicyclic) bond motifs is 2. The summed E-state index contributed by atoms with van der Waals surface area (Å²) in [5, 5.41) is 22.4. The Kier molecular flexibility index (Phi) is 10.2. The van der Waals surface area contributed by atoms with Crippen LogP contribution in [0.25, 0.3) is 0 Å². The van der Waals surface area contributed by atoms with Gasteiger partial charge in [-0.1, -0.05) is 43.2 Å². The number of aliphatic hydroxyl groups is 2. The number of ether oxygens (including phenoxy) is 4. The Balaban J connectivity index is 1.25. The average molecular weight is 692 g/mol. The van der Waals surface area contributed by atoms with Gasteiger partial charge in [-0.3, -0.25) is 4.99 Å². The third-order valence-electron chi connectivity index (χ3n) is 13.6. The fraction of sp³-hybridized carbons (Fsp3) is 0.762. The van der Waals surface area contributed by atoms with Crippen LogP contribution in [-0.4, -0.2) is 70.5 Å². The second-order valence-corrected chi connectivity index (χ2v) is 17.3. The number of aliphatic imine (C=N–C) groups is 1. The van der Waals surface area contributed by atoms with E-state index in [0.717, 1.165) is 76.3 Å². The first-order valence-electron chi connectivity index (χ1n) is 19.7. The van der Waals surface area contributed by atoms with Gasteiger partial charge in [-0.15, -0.1) is 0 Å². The second kappa shape index (κ2) is 14.0. The number of carbonyl (C=O) groups is 1. The highest BCUT2D eigenvalue weighted by atomic mass is 16.8. The molecule has 0 unspecified atom stereocenters. The number of hydrogen-bond acceptors (Lipinski definition) is 8. The van der Waals surface area contributed by atoms with Gasteiger partial charge in [0.15, 0.2) is 11.6 Å². The van der Waals surface area contributed by atoms with E-state index >= 15 is 0 Å². The van der Waals surface area contributed by atoms with Crippen molar-refractivity contribution in [3.8, 4) is 0 Å². The third kappa shape index (κ3) is 6.89. The van der Waals surface area contributed by atoms with Crippen molar-refractivity contribution in [2.24, 2.45) is 28.2 Å². The van der Waals surface area contributed by atoms with Gasteiger partial charge in [0.1, 0.15) is 12.2 Å². The third-order valence-corrected chi connectivity index (χ3v) is 13.6. The van der Waals surface area contributed by atoms with Crippen molar-refractivity contribution in [2.75, 3.05) is 6.54 Å². The zero-order valence-electron chi connectivity index (χ0n) is 31.2. The molecule has 3 fully saturated rings. The average Bonchev–Trinajstić information content (AvgIpc) is 3.57. The van der Waals surface area contributed by atoms with E-state index in [0.29, 0.717) is 43.1 Å². The predicted molar refractivity (Wildman–Crippen MR) is 193 cm³/mol. The molecule has 7 aliphatic rings. The standard InChI is InChI=1S/C42H61NO7/c1-25-8-7-9-37-40(21-28(4)29(5)24-43-37)16-15-34(36-20-27(3)39(46)47-36)30(6)35(40)19-26(2)10-11-32-14-17-41(48-32)22-31(44)23-42(50-41)38(45)13-12-33(18-25)49-42/h19-20,28-29,31-33,35-36,38,44-45H,1,7-18,21-24H2,2-6H3/b26-19-/t28-,29-,31-,32-,33-,35+,36+,38-,40-,41-,42-/m0/s1. The molecule has 1 aliphatic carbocycles. The molecule has 2 N–H and O–H groups in total. The van der Waals surface area contributed by atoms with Gasteiger partial charge in [-0.05, 0) is 121 Å². The van der Waals surface area contributed by atoms with Crippen molar-refractivity contribution < 1.29 is 34.0 Å². The normalized spacial score (nSPS) is 45.8. The smallest absolute Gasteiger partial charge is 0.334 e. The highest BCUT2D eigenvalue weighted by Gasteiger charge is 2.59. The highest BCUT2D eigenvalue weighted by molar-refractivity contribution is 5.92. The molecule has 7 rings (SSSR count). The molecule has 8 nitrogen and oxygen atoms in total. The molecule has 6 aliphatic heterocycles. The second-order valence-electron chi connectivity index (χ2n) is 17.3. The van der Waals surface area contributed by atoms with Crippen molar-refractivity contribution in [3.05, 3.63) is 46.6 Å². The Labute approximate surface area is 299 Å². The zero-order chi connectivity index (χ0) is 35.4. The summed E-state index contributed by atoms with van der Waals surface area (Å²) in [6.07, 6.45) is 14.3. The Hall–Kier alpha value is -2.10. The summed E-state index contributed by atoms with van der Waals surface area (Å²) in [6, 6.07) is 0. The number of esters is 1. The van der Waals surface area contributed by atoms with Crippen LogP contribution in [0.5, 0.6) is 0 Å². The first-order chi connectivity index (χ1) is 23.8. The molecule has 0 aromatic rings. The molecule has 8 heteroatoms. The van der Waals surface area contributed by atoms with Gasteiger partial charge in [0.05, 0.1) is 18.3 Å². The number of hydrogen-bond donors (Lipinski definition) is 2. The molecule has 11 atom stereocenters. The predicted octanol–water partition coefficient (Wildman–Crippen LogP) is 7.83. The lowest BCUT2D eigenvalue weighted by molar-refractivity contribution is -0.425. The van der Waals surface area contributed by atoms with Crippen LogP contribution in [0.1, 0.15) is 131 Å². The number of aliphatic hydroxyl groups excluding tert-OH is 2. The number of cyclic esters (lactones) is 1. The largest absolute Gasteiger partial charge is 0.450 e. The fourth-order valence-electron chi connectivity index (χ4n) is 10.5. The van der Waals surface area contributed by atoms with Crippen molar-refractivity contribution in [1.29, 1.82) is 0 Å². The van der Waals surface area contributed by atoms with Crippen LogP contribution in [-0.2, 0) is 23.7 Å². The number of rotatable bonds is 1. The maximum atomic E-state index is 12.5. The Morgan fingerprint density at radius 2 is 1.70 bits per heavy atom. The van der Waals surface area contributed by atoms with Crippen molar-refractivity contribution in [2.45, 2.75) is 173 Å². The lowest BCUT2D eigenvalue weighted by Gasteiger charge is -2.52. The van der Waals surface area contributed by atoms with E-state index in [9.17, 15) is 15.0 Å². The number of allylic oxidation sites excluding steroid dienone is 3. The molecule has 0 aromatic carbocycles. The molecule has 0 saturated carbocycles. The molecular weight excluding hydrogens is 630 g/mol. The summed E-state index contributed by atoms with van der Waals surface area (Å²) in [5.41, 5.74) is 7.03. The SMILES string of the molecule is C=C1CCCC2=NC[C@H](C)[C@@H](C)C[C@]23CCC([C@H]2C=C(C)C(=O)O2)=C(C)[C@H]3/C=C(/C)CC[C@H]2CC[C@]3(C[C@H](O)C[C@]4(O[C@@H](CC[C@@H]4O)C1)O3)O2. The van der Waals surface area contributed by atoms with E-state index < -0.39 is 23.8 Å². The zero-order valence-corrected chi connectivity index (χ0v) is 31.2. The lowest BCUT2D eigenvalue weighted by atomic mass is 9.56. The lowest BCUT2D eigenvalue weighted by Crippen LogP contribution is -2.63. The van der Waals surface area contributed by atoms with Gasteiger partial charge in [0.2, 0.25) is 0 Å². The van der Waals surface area contributed by atoms with Crippen LogP contribution >= 0.6 is 0 Å². The fourth-order valence-corrected chi connectivity index (χ4v) is 10.5. The van der Waals surface area contributed by atoms with Crippen LogP contribution in [0.15, 0.2) is 51.6 Å². The van der Waals surface area contributed by atoms with Crippen LogP contribution in [0, 0.1) is 23.2 Å². The van der Waals surface area contributed by atoms with Crippen LogP contribution in [0.2, 0.25) is 0 Å². The van der Waals surface area contributed by atoms with Crippen molar-refractivity contribution >= 4 is 11.7 Å². The van der Waals surface area contributed by atoms with E-state index in [1.807, 2.05) is 13.0 Å². The van der Waals surface area contributed by atoms with Gasteiger partial charge in [-0.25, -0.2) is 4.79 Å². The summed E-state index contributed by atoms with van der Waals surface area (Å²) in [6.45, 7) is 16.5. The summed E-state index contributed by atoms with van der Waals surface area (Å²) in [4.78, 5) is 18.0. The molecule has 0 aromatic heterocycles. The summed E-state index contributed by atoms with van der Waals surface area (Å²) < 4.78 is 26.0. The summed E-state index contributed by atoms with van der Waals surface area (Å²) in [5.74, 6) is -1.21. The van der Waals surface area contributed by atoms with Crippen LogP contribution < -0.4 is 0 Å². The van der Waals surface area contributed by atoms with Gasteiger partial charge in [0, 0.05) is 48.4 Å². The monoisotopic (exact) mass is 691 g/mol. The van der Waals surface area contributed by atoms with Crippen molar-refractivity contribution in [3.63, 3.8) is 0 Å². The Bertz CT molecular complexity index is 1480. The number of nitrogens with zero attached hydrogens (tertiary/aromatic N) is 1. The molecule has 276 valence electrons. The van der Waals surface area contributed by atoms with E-state index in [4.69, 9.17) is 23.9 Å². The maximum absolute atomic E-state index is 12.5. The molecule has 0 radical (unpaired) electrons. The Morgan fingerprint density at radius 1 is 0.880 bits per heavy atom. The quantitative estimate of drug-likeness (QED) is 0.213. The first kappa shape index (κ1) is 36.3. The van der Waals surface area contributed by atoms with Crippen LogP contribution in [0.4, 0.5) is 0 Å². The van der Waals surface area contributed by atoms with Gasteiger partial charge in [0.25, 0.3) is 0 Å². The van der Waals surface area contributed by atoms with E-state index in [1.54, 1.807) is 0 Å². The topological polar surface area (TPSA) is 107 Å². The molecule has 4 bridgehead atoms. The van der Waals surface area contributed by atoms with Gasteiger partial charge in [-0.2, -0.15) is 0 Å². The van der Waals surface area contributed by atoms with Crippen molar-refractivity contribution in [1.82, 2.24) is 0 Å². The molecule has 6 heterocycles. The van der Waals surface area contributed by atoms with Crippen LogP contribution in [0.3, 0.4) is 0 Å². The van der Waals surface area contributed by atoms with E-state index in [2.05, 4.69) is 40.3 Å². The maximum Gasteiger partial charge on any atom is 0.334 e. The molecule has 50 heavy (non-hydrogen) atoms. The summed E-state index contributed by atoms with van der Waals surface area (Å²) >= 11 is 0. The minimum atomic E-state index is -1.26. The molecule has 3 saturated heterocycles. The Morgan fingerprint density at radius 3 is 2.48 bits per heavy atom.